The van der Waals surface area contributed by atoms with Gasteiger partial charge in [-0.1, -0.05) is 32.5 Å². The van der Waals surface area contributed by atoms with Crippen molar-refractivity contribution >= 4 is 28.3 Å². The van der Waals surface area contributed by atoms with Crippen molar-refractivity contribution in [1.82, 2.24) is 10.3 Å². The molecule has 0 spiro atoms. The monoisotopic (exact) mass is 269 g/mol. The summed E-state index contributed by atoms with van der Waals surface area (Å²) in [5.74, 6) is 1.73. The Labute approximate surface area is 111 Å². The molecule has 1 aromatic heterocycles. The van der Waals surface area contributed by atoms with Gasteiger partial charge in [0.05, 0.1) is 12.1 Å². The highest BCUT2D eigenvalue weighted by molar-refractivity contribution is 8.14. The third-order valence-corrected chi connectivity index (χ3v) is 4.79. The van der Waals surface area contributed by atoms with Crippen molar-refractivity contribution in [2.24, 2.45) is 10.9 Å². The molecule has 5 heteroatoms. The number of hydrogen-bond donors (Lipinski definition) is 1. The van der Waals surface area contributed by atoms with Gasteiger partial charge in [0, 0.05) is 17.3 Å². The minimum atomic E-state index is 0.312. The van der Waals surface area contributed by atoms with Crippen LogP contribution in [0, 0.1) is 5.92 Å². The molecular weight excluding hydrogens is 250 g/mol. The molecule has 0 aliphatic carbocycles. The number of thiazole rings is 1. The number of hydrogen-bond acceptors (Lipinski definition) is 5. The smallest absolute Gasteiger partial charge is 0.157 e. The summed E-state index contributed by atoms with van der Waals surface area (Å²) in [6.45, 7) is 6.64. The molecule has 94 valence electrons. The summed E-state index contributed by atoms with van der Waals surface area (Å²) in [4.78, 5) is 9.11. The maximum atomic E-state index is 4.73. The molecule has 1 aromatic rings. The summed E-state index contributed by atoms with van der Waals surface area (Å²) in [6, 6.07) is 0.781. The summed E-state index contributed by atoms with van der Waals surface area (Å²) < 4.78 is 0. The number of aliphatic imine (C=N–C) groups is 1. The summed E-state index contributed by atoms with van der Waals surface area (Å²) in [7, 11) is 0. The van der Waals surface area contributed by atoms with Gasteiger partial charge < -0.3 is 5.32 Å². The third kappa shape index (κ3) is 3.22. The molecular formula is C12H19N3S2. The molecule has 1 aliphatic heterocycles. The summed E-state index contributed by atoms with van der Waals surface area (Å²) in [5, 5.41) is 7.79. The molecule has 0 saturated carbocycles. The zero-order chi connectivity index (χ0) is 12.3. The molecule has 2 rings (SSSR count). The van der Waals surface area contributed by atoms with E-state index in [0.29, 0.717) is 18.0 Å². The first-order chi connectivity index (χ1) is 8.20. The fourth-order valence-electron chi connectivity index (χ4n) is 1.70. The fraction of sp³-hybridized carbons (Fsp3) is 0.667. The molecule has 3 nitrogen and oxygen atoms in total. The van der Waals surface area contributed by atoms with Gasteiger partial charge in [-0.3, -0.25) is 4.99 Å². The van der Waals surface area contributed by atoms with Gasteiger partial charge in [0.1, 0.15) is 5.01 Å². The quantitative estimate of drug-likeness (QED) is 0.911. The third-order valence-electron chi connectivity index (χ3n) is 2.90. The molecule has 0 amide bonds. The van der Waals surface area contributed by atoms with E-state index in [1.165, 1.54) is 0 Å². The van der Waals surface area contributed by atoms with E-state index in [1.54, 1.807) is 11.3 Å². The van der Waals surface area contributed by atoms with Crippen LogP contribution in [0.1, 0.15) is 38.2 Å². The first-order valence-corrected chi connectivity index (χ1v) is 7.93. The predicted molar refractivity (Wildman–Crippen MR) is 76.8 cm³/mol. The number of amidine groups is 1. The molecule has 0 bridgehead atoms. The van der Waals surface area contributed by atoms with Gasteiger partial charge in [-0.2, -0.15) is 0 Å². The van der Waals surface area contributed by atoms with Crippen LogP contribution in [0.3, 0.4) is 0 Å². The maximum Gasteiger partial charge on any atom is 0.157 e. The molecule has 0 radical (unpaired) electrons. The lowest BCUT2D eigenvalue weighted by Gasteiger charge is -2.14. The van der Waals surface area contributed by atoms with Gasteiger partial charge in [0.15, 0.2) is 5.17 Å². The van der Waals surface area contributed by atoms with Gasteiger partial charge >= 0.3 is 0 Å². The van der Waals surface area contributed by atoms with Crippen molar-refractivity contribution in [1.29, 1.82) is 0 Å². The Kier molecular flexibility index (Phi) is 4.45. The molecule has 2 heterocycles. The average Bonchev–Trinajstić information content (AvgIpc) is 2.96. The van der Waals surface area contributed by atoms with Crippen molar-refractivity contribution < 1.29 is 0 Å². The van der Waals surface area contributed by atoms with E-state index in [0.717, 1.165) is 22.3 Å². The van der Waals surface area contributed by atoms with Gasteiger partial charge in [-0.25, -0.2) is 4.98 Å². The SMILES string of the molecule is CCC(NC1=NC(C(C)C)CS1)c1nccs1. The molecule has 1 N–H and O–H groups in total. The lowest BCUT2D eigenvalue weighted by Crippen LogP contribution is -2.24. The Bertz CT molecular complexity index is 373. The molecule has 1 aliphatic rings. The summed E-state index contributed by atoms with van der Waals surface area (Å²) in [5.41, 5.74) is 0. The topological polar surface area (TPSA) is 37.3 Å². The number of aromatic nitrogens is 1. The van der Waals surface area contributed by atoms with Crippen molar-refractivity contribution in [3.05, 3.63) is 16.6 Å². The molecule has 17 heavy (non-hydrogen) atoms. The Morgan fingerprint density at radius 1 is 1.53 bits per heavy atom. The van der Waals surface area contributed by atoms with E-state index < -0.39 is 0 Å². The minimum absolute atomic E-state index is 0.312. The van der Waals surface area contributed by atoms with Crippen LogP contribution in [0.5, 0.6) is 0 Å². The Balaban J connectivity index is 1.98. The van der Waals surface area contributed by atoms with Crippen LogP contribution in [0.15, 0.2) is 16.6 Å². The average molecular weight is 269 g/mol. The number of nitrogens with zero attached hydrogens (tertiary/aromatic N) is 2. The highest BCUT2D eigenvalue weighted by atomic mass is 32.2. The first-order valence-electron chi connectivity index (χ1n) is 6.07. The Morgan fingerprint density at radius 2 is 2.35 bits per heavy atom. The standard InChI is InChI=1S/C12H19N3S2/c1-4-9(11-13-5-6-16-11)14-12-15-10(7-17-12)8(2)3/h5-6,8-10H,4,7H2,1-3H3,(H,14,15). The summed E-state index contributed by atoms with van der Waals surface area (Å²) >= 11 is 3.54. The van der Waals surface area contributed by atoms with E-state index in [1.807, 2.05) is 23.3 Å². The zero-order valence-electron chi connectivity index (χ0n) is 10.5. The van der Waals surface area contributed by atoms with E-state index in [-0.39, 0.29) is 0 Å². The predicted octanol–water partition coefficient (Wildman–Crippen LogP) is 3.31. The van der Waals surface area contributed by atoms with E-state index in [2.05, 4.69) is 31.1 Å². The second-order valence-electron chi connectivity index (χ2n) is 4.53. The van der Waals surface area contributed by atoms with Crippen LogP contribution in [-0.4, -0.2) is 21.9 Å². The van der Waals surface area contributed by atoms with E-state index in [9.17, 15) is 0 Å². The second kappa shape index (κ2) is 5.87. The van der Waals surface area contributed by atoms with Gasteiger partial charge in [0.25, 0.3) is 0 Å². The molecule has 0 aromatic carbocycles. The van der Waals surface area contributed by atoms with Crippen molar-refractivity contribution in [3.63, 3.8) is 0 Å². The van der Waals surface area contributed by atoms with Crippen molar-refractivity contribution in [2.75, 3.05) is 5.75 Å². The zero-order valence-corrected chi connectivity index (χ0v) is 12.1. The largest absolute Gasteiger partial charge is 0.356 e. The molecule has 0 fully saturated rings. The molecule has 2 unspecified atom stereocenters. The van der Waals surface area contributed by atoms with Gasteiger partial charge in [0.2, 0.25) is 0 Å². The summed E-state index contributed by atoms with van der Waals surface area (Å²) in [6.07, 6.45) is 2.91. The van der Waals surface area contributed by atoms with E-state index in [4.69, 9.17) is 4.99 Å². The van der Waals surface area contributed by atoms with E-state index >= 15 is 0 Å². The lowest BCUT2D eigenvalue weighted by molar-refractivity contribution is 0.539. The second-order valence-corrected chi connectivity index (χ2v) is 6.47. The lowest BCUT2D eigenvalue weighted by atomic mass is 10.1. The van der Waals surface area contributed by atoms with Crippen LogP contribution in [0.2, 0.25) is 0 Å². The highest BCUT2D eigenvalue weighted by Crippen LogP contribution is 2.25. The maximum absolute atomic E-state index is 4.73. The van der Waals surface area contributed by atoms with Crippen LogP contribution < -0.4 is 5.32 Å². The first kappa shape index (κ1) is 12.9. The minimum Gasteiger partial charge on any atom is -0.356 e. The highest BCUT2D eigenvalue weighted by Gasteiger charge is 2.23. The number of nitrogens with one attached hydrogen (secondary N) is 1. The van der Waals surface area contributed by atoms with Gasteiger partial charge in [-0.05, 0) is 12.3 Å². The molecule has 2 atom stereocenters. The Morgan fingerprint density at radius 3 is 2.88 bits per heavy atom. The van der Waals surface area contributed by atoms with Crippen LogP contribution in [0.4, 0.5) is 0 Å². The van der Waals surface area contributed by atoms with Crippen molar-refractivity contribution in [3.8, 4) is 0 Å². The van der Waals surface area contributed by atoms with Gasteiger partial charge in [-0.15, -0.1) is 11.3 Å². The normalized spacial score (nSPS) is 21.6. The Hall–Kier alpha value is -0.550. The van der Waals surface area contributed by atoms with Crippen LogP contribution in [-0.2, 0) is 0 Å². The van der Waals surface area contributed by atoms with Crippen LogP contribution >= 0.6 is 23.1 Å². The number of rotatable bonds is 4. The number of thioether (sulfide) groups is 1. The fourth-order valence-corrected chi connectivity index (χ4v) is 3.70. The van der Waals surface area contributed by atoms with Crippen molar-refractivity contribution in [2.45, 2.75) is 39.3 Å². The molecule has 0 saturated heterocycles. The van der Waals surface area contributed by atoms with Crippen LogP contribution in [0.25, 0.3) is 0 Å².